The molecule has 0 unspecified atom stereocenters. The third-order valence-corrected chi connectivity index (χ3v) is 3.29. The normalized spacial score (nSPS) is 10.5. The Hall–Kier alpha value is -1.69. The van der Waals surface area contributed by atoms with E-state index in [9.17, 15) is 0 Å². The predicted molar refractivity (Wildman–Crippen MR) is 76.7 cm³/mol. The van der Waals surface area contributed by atoms with Crippen molar-refractivity contribution >= 4 is 17.3 Å². The molecular weight excluding hydrogens is 260 g/mol. The van der Waals surface area contributed by atoms with Gasteiger partial charge in [0.1, 0.15) is 0 Å². The number of anilines is 1. The van der Waals surface area contributed by atoms with Gasteiger partial charge in [0, 0.05) is 22.8 Å². The SMILES string of the molecule is CCCOc1cc(C)nc(NCc2cnc(C)s2)n1. The molecule has 0 aliphatic carbocycles. The summed E-state index contributed by atoms with van der Waals surface area (Å²) in [6.45, 7) is 7.35. The van der Waals surface area contributed by atoms with Gasteiger partial charge in [0.2, 0.25) is 11.8 Å². The quantitative estimate of drug-likeness (QED) is 0.880. The summed E-state index contributed by atoms with van der Waals surface area (Å²) in [5.74, 6) is 1.22. The van der Waals surface area contributed by atoms with Gasteiger partial charge in [-0.1, -0.05) is 6.92 Å². The zero-order valence-electron chi connectivity index (χ0n) is 11.4. The van der Waals surface area contributed by atoms with Crippen molar-refractivity contribution in [2.24, 2.45) is 0 Å². The number of aryl methyl sites for hydroxylation is 2. The van der Waals surface area contributed by atoms with Crippen molar-refractivity contribution in [2.75, 3.05) is 11.9 Å². The first-order valence-electron chi connectivity index (χ1n) is 6.31. The maximum absolute atomic E-state index is 5.53. The van der Waals surface area contributed by atoms with Crippen LogP contribution in [-0.2, 0) is 6.54 Å². The molecule has 2 aromatic heterocycles. The lowest BCUT2D eigenvalue weighted by Crippen LogP contribution is -2.06. The summed E-state index contributed by atoms with van der Waals surface area (Å²) in [6, 6.07) is 1.84. The molecule has 0 radical (unpaired) electrons. The van der Waals surface area contributed by atoms with E-state index < -0.39 is 0 Å². The van der Waals surface area contributed by atoms with E-state index in [1.165, 1.54) is 4.88 Å². The third kappa shape index (κ3) is 4.17. The molecule has 0 saturated carbocycles. The van der Waals surface area contributed by atoms with Gasteiger partial charge in [0.25, 0.3) is 0 Å². The van der Waals surface area contributed by atoms with E-state index in [4.69, 9.17) is 4.74 Å². The first-order valence-corrected chi connectivity index (χ1v) is 7.12. The molecule has 102 valence electrons. The average Bonchev–Trinajstić information content (AvgIpc) is 2.79. The maximum atomic E-state index is 5.53. The Morgan fingerprint density at radius 1 is 1.32 bits per heavy atom. The number of nitrogens with one attached hydrogen (secondary N) is 1. The lowest BCUT2D eigenvalue weighted by molar-refractivity contribution is 0.305. The summed E-state index contributed by atoms with van der Waals surface area (Å²) >= 11 is 1.67. The zero-order chi connectivity index (χ0) is 13.7. The van der Waals surface area contributed by atoms with Gasteiger partial charge in [0.15, 0.2) is 0 Å². The molecule has 2 heterocycles. The van der Waals surface area contributed by atoms with Crippen LogP contribution in [0.1, 0.15) is 28.9 Å². The van der Waals surface area contributed by atoms with Gasteiger partial charge in [-0.3, -0.25) is 0 Å². The summed E-state index contributed by atoms with van der Waals surface area (Å²) in [5.41, 5.74) is 0.893. The number of rotatable bonds is 6. The second kappa shape index (κ2) is 6.47. The molecule has 0 atom stereocenters. The van der Waals surface area contributed by atoms with Crippen LogP contribution in [0.25, 0.3) is 0 Å². The second-order valence-corrected chi connectivity index (χ2v) is 5.54. The number of hydrogen-bond donors (Lipinski definition) is 1. The van der Waals surface area contributed by atoms with Crippen molar-refractivity contribution in [3.8, 4) is 5.88 Å². The largest absolute Gasteiger partial charge is 0.478 e. The Labute approximate surface area is 117 Å². The lowest BCUT2D eigenvalue weighted by Gasteiger charge is -2.08. The van der Waals surface area contributed by atoms with Crippen molar-refractivity contribution in [3.05, 3.63) is 27.8 Å². The van der Waals surface area contributed by atoms with Crippen LogP contribution in [0.4, 0.5) is 5.95 Å². The van der Waals surface area contributed by atoms with Gasteiger partial charge >= 0.3 is 0 Å². The minimum Gasteiger partial charge on any atom is -0.478 e. The molecule has 0 amide bonds. The molecular formula is C13H18N4OS. The summed E-state index contributed by atoms with van der Waals surface area (Å²) < 4.78 is 5.53. The highest BCUT2D eigenvalue weighted by Crippen LogP contribution is 2.15. The van der Waals surface area contributed by atoms with E-state index in [0.717, 1.165) is 17.1 Å². The van der Waals surface area contributed by atoms with Crippen molar-refractivity contribution < 1.29 is 4.74 Å². The fraction of sp³-hybridized carbons (Fsp3) is 0.462. The van der Waals surface area contributed by atoms with E-state index in [-0.39, 0.29) is 0 Å². The third-order valence-electron chi connectivity index (χ3n) is 2.37. The van der Waals surface area contributed by atoms with E-state index in [1.54, 1.807) is 11.3 Å². The molecule has 19 heavy (non-hydrogen) atoms. The number of thiazole rings is 1. The summed E-state index contributed by atoms with van der Waals surface area (Å²) in [7, 11) is 0. The highest BCUT2D eigenvalue weighted by molar-refractivity contribution is 7.11. The van der Waals surface area contributed by atoms with Gasteiger partial charge in [-0.25, -0.2) is 9.97 Å². The molecule has 0 spiro atoms. The molecule has 5 nitrogen and oxygen atoms in total. The summed E-state index contributed by atoms with van der Waals surface area (Å²) in [4.78, 5) is 14.1. The minimum atomic E-state index is 0.595. The molecule has 2 rings (SSSR count). The molecule has 1 N–H and O–H groups in total. The molecule has 0 saturated heterocycles. The van der Waals surface area contributed by atoms with Crippen molar-refractivity contribution in [1.29, 1.82) is 0 Å². The van der Waals surface area contributed by atoms with Gasteiger partial charge in [-0.2, -0.15) is 4.98 Å². The van der Waals surface area contributed by atoms with E-state index >= 15 is 0 Å². The first kappa shape index (κ1) is 13.7. The first-order chi connectivity index (χ1) is 9.17. The maximum Gasteiger partial charge on any atom is 0.226 e. The van der Waals surface area contributed by atoms with Crippen LogP contribution in [-0.4, -0.2) is 21.6 Å². The van der Waals surface area contributed by atoms with Gasteiger partial charge in [-0.15, -0.1) is 11.3 Å². The zero-order valence-corrected chi connectivity index (χ0v) is 12.3. The fourth-order valence-electron chi connectivity index (χ4n) is 1.55. The fourth-order valence-corrected chi connectivity index (χ4v) is 2.29. The predicted octanol–water partition coefficient (Wildman–Crippen LogP) is 2.95. The number of hydrogen-bond acceptors (Lipinski definition) is 6. The van der Waals surface area contributed by atoms with Gasteiger partial charge < -0.3 is 10.1 Å². The van der Waals surface area contributed by atoms with E-state index in [1.807, 2.05) is 26.1 Å². The Balaban J connectivity index is 2.01. The Kier molecular flexibility index (Phi) is 4.68. The Morgan fingerprint density at radius 3 is 2.84 bits per heavy atom. The average molecular weight is 278 g/mol. The Morgan fingerprint density at radius 2 is 2.16 bits per heavy atom. The lowest BCUT2D eigenvalue weighted by atomic mass is 10.4. The molecule has 0 aliphatic rings. The highest BCUT2D eigenvalue weighted by atomic mass is 32.1. The van der Waals surface area contributed by atoms with Crippen molar-refractivity contribution in [1.82, 2.24) is 15.0 Å². The van der Waals surface area contributed by atoms with Gasteiger partial charge in [-0.05, 0) is 20.3 Å². The van der Waals surface area contributed by atoms with Crippen LogP contribution in [0.15, 0.2) is 12.3 Å². The van der Waals surface area contributed by atoms with E-state index in [0.29, 0.717) is 25.0 Å². The molecule has 6 heteroatoms. The summed E-state index contributed by atoms with van der Waals surface area (Å²) in [6.07, 6.45) is 2.84. The molecule has 2 aromatic rings. The Bertz CT molecular complexity index is 541. The van der Waals surface area contributed by atoms with Crippen LogP contribution in [0.2, 0.25) is 0 Å². The van der Waals surface area contributed by atoms with Crippen LogP contribution < -0.4 is 10.1 Å². The monoisotopic (exact) mass is 278 g/mol. The van der Waals surface area contributed by atoms with Crippen LogP contribution in [0.3, 0.4) is 0 Å². The van der Waals surface area contributed by atoms with Crippen LogP contribution in [0.5, 0.6) is 5.88 Å². The molecule has 0 bridgehead atoms. The number of nitrogens with zero attached hydrogens (tertiary/aromatic N) is 3. The smallest absolute Gasteiger partial charge is 0.226 e. The van der Waals surface area contributed by atoms with Crippen molar-refractivity contribution in [3.63, 3.8) is 0 Å². The van der Waals surface area contributed by atoms with Crippen LogP contribution in [0, 0.1) is 13.8 Å². The molecule has 0 aliphatic heterocycles. The van der Waals surface area contributed by atoms with Gasteiger partial charge in [0.05, 0.1) is 18.2 Å². The highest BCUT2D eigenvalue weighted by Gasteiger charge is 2.04. The number of ether oxygens (including phenoxy) is 1. The standard InChI is InChI=1S/C13H18N4OS/c1-4-5-18-12-6-9(2)16-13(17-12)15-8-11-7-14-10(3)19-11/h6-7H,4-5,8H2,1-3H3,(H,15,16,17). The molecule has 0 fully saturated rings. The minimum absolute atomic E-state index is 0.595. The van der Waals surface area contributed by atoms with E-state index in [2.05, 4.69) is 27.2 Å². The van der Waals surface area contributed by atoms with Crippen LogP contribution >= 0.6 is 11.3 Å². The van der Waals surface area contributed by atoms with Crippen molar-refractivity contribution in [2.45, 2.75) is 33.7 Å². The number of aromatic nitrogens is 3. The second-order valence-electron chi connectivity index (χ2n) is 4.22. The summed E-state index contributed by atoms with van der Waals surface area (Å²) in [5, 5.41) is 4.26. The topological polar surface area (TPSA) is 59.9 Å². The molecule has 0 aromatic carbocycles.